The fourth-order valence-corrected chi connectivity index (χ4v) is 3.03. The number of carbonyl (C=O) groups excluding carboxylic acids is 3. The average Bonchev–Trinajstić information content (AvgIpc) is 2.99. The van der Waals surface area contributed by atoms with E-state index in [0.717, 1.165) is 17.2 Å². The Morgan fingerprint density at radius 3 is 2.24 bits per heavy atom. The van der Waals surface area contributed by atoms with Crippen LogP contribution in [0, 0.1) is 5.82 Å². The molecule has 4 rings (SSSR count). The summed E-state index contributed by atoms with van der Waals surface area (Å²) in [5.41, 5.74) is 3.77. The van der Waals surface area contributed by atoms with E-state index in [1.807, 2.05) is 42.5 Å². The molecule has 3 aromatic rings. The van der Waals surface area contributed by atoms with E-state index in [-0.39, 0.29) is 11.1 Å². The van der Waals surface area contributed by atoms with Crippen LogP contribution in [-0.4, -0.2) is 29.3 Å². The number of carbonyl (C=O) groups is 3. The first-order chi connectivity index (χ1) is 14.0. The molecule has 0 saturated carbocycles. The maximum atomic E-state index is 13.8. The lowest BCUT2D eigenvalue weighted by Crippen LogP contribution is -2.47. The summed E-state index contributed by atoms with van der Waals surface area (Å²) in [4.78, 5) is 36.6. The summed E-state index contributed by atoms with van der Waals surface area (Å²) in [6.07, 6.45) is 0. The molecular weight excluding hydrogens is 375 g/mol. The van der Waals surface area contributed by atoms with Crippen molar-refractivity contribution in [1.29, 1.82) is 0 Å². The highest BCUT2D eigenvalue weighted by Gasteiger charge is 2.39. The molecule has 0 saturated heterocycles. The maximum Gasteiger partial charge on any atom is 0.283 e. The molecule has 0 aliphatic carbocycles. The van der Waals surface area contributed by atoms with Gasteiger partial charge in [0.05, 0.1) is 11.1 Å². The largest absolute Gasteiger partial charge is 0.484 e. The van der Waals surface area contributed by atoms with Gasteiger partial charge in [-0.05, 0) is 35.4 Å². The summed E-state index contributed by atoms with van der Waals surface area (Å²) in [7, 11) is 0. The number of hydrogen-bond acceptors (Lipinski definition) is 4. The number of nitrogens with zero attached hydrogens (tertiary/aromatic N) is 1. The highest BCUT2D eigenvalue weighted by atomic mass is 19.1. The van der Waals surface area contributed by atoms with E-state index in [9.17, 15) is 18.8 Å². The fraction of sp³-hybridized carbons (Fsp3) is 0.0455. The van der Waals surface area contributed by atoms with Crippen molar-refractivity contribution in [3.63, 3.8) is 0 Å². The van der Waals surface area contributed by atoms with Crippen LogP contribution < -0.4 is 10.2 Å². The van der Waals surface area contributed by atoms with Crippen LogP contribution in [0.2, 0.25) is 0 Å². The zero-order valence-electron chi connectivity index (χ0n) is 15.1. The predicted molar refractivity (Wildman–Crippen MR) is 102 cm³/mol. The molecule has 7 heteroatoms. The second-order valence-corrected chi connectivity index (χ2v) is 6.32. The van der Waals surface area contributed by atoms with Crippen LogP contribution in [0.4, 0.5) is 4.39 Å². The highest BCUT2D eigenvalue weighted by Crippen LogP contribution is 2.24. The third-order valence-electron chi connectivity index (χ3n) is 4.43. The van der Waals surface area contributed by atoms with E-state index >= 15 is 0 Å². The first kappa shape index (κ1) is 18.4. The lowest BCUT2D eigenvalue weighted by molar-refractivity contribution is -0.126. The molecule has 0 radical (unpaired) electrons. The summed E-state index contributed by atoms with van der Waals surface area (Å²) >= 11 is 0. The monoisotopic (exact) mass is 390 g/mol. The minimum absolute atomic E-state index is 0.0901. The van der Waals surface area contributed by atoms with Crippen molar-refractivity contribution < 1.29 is 23.5 Å². The molecule has 0 bridgehead atoms. The minimum Gasteiger partial charge on any atom is -0.484 e. The van der Waals surface area contributed by atoms with Gasteiger partial charge in [-0.15, -0.1) is 0 Å². The van der Waals surface area contributed by atoms with Crippen molar-refractivity contribution >= 4 is 17.7 Å². The van der Waals surface area contributed by atoms with Crippen LogP contribution in [-0.2, 0) is 4.79 Å². The number of ether oxygens (including phenoxy) is 1. The molecule has 1 aliphatic heterocycles. The Morgan fingerprint density at radius 1 is 0.862 bits per heavy atom. The van der Waals surface area contributed by atoms with Gasteiger partial charge in [-0.25, -0.2) is 4.39 Å². The van der Waals surface area contributed by atoms with Gasteiger partial charge in [0.25, 0.3) is 17.7 Å². The Morgan fingerprint density at radius 2 is 1.55 bits per heavy atom. The number of hydrogen-bond donors (Lipinski definition) is 1. The van der Waals surface area contributed by atoms with E-state index in [0.29, 0.717) is 10.8 Å². The topological polar surface area (TPSA) is 75.7 Å². The molecule has 1 aliphatic rings. The fourth-order valence-electron chi connectivity index (χ4n) is 3.03. The van der Waals surface area contributed by atoms with Gasteiger partial charge in [0.15, 0.2) is 6.61 Å². The number of amides is 3. The first-order valence-corrected chi connectivity index (χ1v) is 8.79. The van der Waals surface area contributed by atoms with E-state index in [1.165, 1.54) is 12.1 Å². The van der Waals surface area contributed by atoms with Crippen LogP contribution in [0.15, 0.2) is 72.8 Å². The normalized spacial score (nSPS) is 12.7. The second kappa shape index (κ2) is 7.55. The van der Waals surface area contributed by atoms with Gasteiger partial charge >= 0.3 is 0 Å². The molecule has 0 fully saturated rings. The molecule has 3 aromatic carbocycles. The van der Waals surface area contributed by atoms with Crippen molar-refractivity contribution in [2.45, 2.75) is 0 Å². The second-order valence-electron chi connectivity index (χ2n) is 6.32. The Balaban J connectivity index is 1.37. The SMILES string of the molecule is O=C(COc1ccc(-c2ccccc2)cc1)NN1C(=O)c2cccc(F)c2C1=O. The van der Waals surface area contributed by atoms with E-state index < -0.39 is 30.1 Å². The lowest BCUT2D eigenvalue weighted by Gasteiger charge is -2.15. The van der Waals surface area contributed by atoms with Gasteiger partial charge in [-0.2, -0.15) is 5.01 Å². The number of hydrazine groups is 1. The summed E-state index contributed by atoms with van der Waals surface area (Å²) < 4.78 is 19.2. The molecule has 0 spiro atoms. The van der Waals surface area contributed by atoms with Gasteiger partial charge in [0.2, 0.25) is 0 Å². The molecule has 29 heavy (non-hydrogen) atoms. The maximum absolute atomic E-state index is 13.8. The van der Waals surface area contributed by atoms with Crippen molar-refractivity contribution in [3.8, 4) is 16.9 Å². The van der Waals surface area contributed by atoms with Crippen molar-refractivity contribution in [1.82, 2.24) is 10.4 Å². The number of imide groups is 1. The molecule has 0 unspecified atom stereocenters. The first-order valence-electron chi connectivity index (χ1n) is 8.79. The Kier molecular flexibility index (Phi) is 4.78. The van der Waals surface area contributed by atoms with Crippen molar-refractivity contribution in [3.05, 3.63) is 89.7 Å². The molecule has 6 nitrogen and oxygen atoms in total. The van der Waals surface area contributed by atoms with Gasteiger partial charge in [0, 0.05) is 0 Å². The number of fused-ring (bicyclic) bond motifs is 1. The van der Waals surface area contributed by atoms with Crippen LogP contribution in [0.25, 0.3) is 11.1 Å². The summed E-state index contributed by atoms with van der Waals surface area (Å²) in [6, 6.07) is 20.7. The summed E-state index contributed by atoms with van der Waals surface area (Å²) in [5.74, 6) is -2.78. The Hall–Kier alpha value is -4.00. The lowest BCUT2D eigenvalue weighted by atomic mass is 10.1. The Labute approximate surface area is 165 Å². The van der Waals surface area contributed by atoms with E-state index in [4.69, 9.17) is 4.74 Å². The zero-order valence-corrected chi connectivity index (χ0v) is 15.1. The van der Waals surface area contributed by atoms with Gasteiger partial charge in [-0.1, -0.05) is 48.5 Å². The molecule has 144 valence electrons. The number of rotatable bonds is 5. The number of nitrogens with one attached hydrogen (secondary N) is 1. The highest BCUT2D eigenvalue weighted by molar-refractivity contribution is 6.21. The van der Waals surface area contributed by atoms with Crippen molar-refractivity contribution in [2.75, 3.05) is 6.61 Å². The van der Waals surface area contributed by atoms with Crippen LogP contribution in [0.5, 0.6) is 5.75 Å². The molecule has 0 atom stereocenters. The average molecular weight is 390 g/mol. The third-order valence-corrected chi connectivity index (χ3v) is 4.43. The van der Waals surface area contributed by atoms with Gasteiger partial charge < -0.3 is 4.74 Å². The zero-order chi connectivity index (χ0) is 20.4. The summed E-state index contributed by atoms with van der Waals surface area (Å²) in [5, 5.41) is 0.498. The minimum atomic E-state index is -0.913. The van der Waals surface area contributed by atoms with Crippen molar-refractivity contribution in [2.24, 2.45) is 0 Å². The molecular formula is C22H15FN2O4. The van der Waals surface area contributed by atoms with Crippen LogP contribution in [0.1, 0.15) is 20.7 Å². The Bertz CT molecular complexity index is 1100. The van der Waals surface area contributed by atoms with Gasteiger partial charge in [-0.3, -0.25) is 19.8 Å². The molecule has 1 heterocycles. The van der Waals surface area contributed by atoms with E-state index in [1.54, 1.807) is 12.1 Å². The van der Waals surface area contributed by atoms with Crippen LogP contribution in [0.3, 0.4) is 0 Å². The molecule has 0 aromatic heterocycles. The van der Waals surface area contributed by atoms with E-state index in [2.05, 4.69) is 5.43 Å². The predicted octanol–water partition coefficient (Wildman–Crippen LogP) is 3.20. The quantitative estimate of drug-likeness (QED) is 0.679. The standard InChI is InChI=1S/C22H15FN2O4/c23-18-8-4-7-17-20(18)22(28)25(21(17)27)24-19(26)13-29-16-11-9-15(10-12-16)14-5-2-1-3-6-14/h1-12H,13H2,(H,24,26). The molecule has 1 N–H and O–H groups in total. The number of halogens is 1. The third kappa shape index (κ3) is 3.58. The smallest absolute Gasteiger partial charge is 0.283 e. The van der Waals surface area contributed by atoms with Crippen LogP contribution >= 0.6 is 0 Å². The number of benzene rings is 3. The van der Waals surface area contributed by atoms with Gasteiger partial charge in [0.1, 0.15) is 11.6 Å². The summed E-state index contributed by atoms with van der Waals surface area (Å²) in [6.45, 7) is -0.416. The molecule has 3 amide bonds.